The van der Waals surface area contributed by atoms with Gasteiger partial charge in [-0.3, -0.25) is 9.71 Å². The van der Waals surface area contributed by atoms with Gasteiger partial charge >= 0.3 is 0 Å². The minimum atomic E-state index is -3.84. The number of benzene rings is 3. The molecule has 2 heterocycles. The number of aromatic nitrogens is 2. The van der Waals surface area contributed by atoms with Crippen LogP contribution in [0.25, 0.3) is 33.2 Å². The first-order chi connectivity index (χ1) is 17.2. The molecule has 5 aromatic rings. The summed E-state index contributed by atoms with van der Waals surface area (Å²) in [6.07, 6.45) is 2.95. The van der Waals surface area contributed by atoms with Crippen LogP contribution in [0.3, 0.4) is 0 Å². The highest BCUT2D eigenvalue weighted by molar-refractivity contribution is 7.92. The standard InChI is InChI=1S/C27H22ClN3O4S/c1-16-10-19(13-20(28)11-16)23-15-25(34-3)24(12-17(23)2)27-22-5-4-21(14-18(22)6-8-29-27)36(32,33)31-26-7-9-35-30-26/h4-15H,1-3H3,(H,30,31). The Morgan fingerprint density at radius 1 is 0.972 bits per heavy atom. The van der Waals surface area contributed by atoms with E-state index in [1.807, 2.05) is 38.1 Å². The fraction of sp³-hybridized carbons (Fsp3) is 0.111. The lowest BCUT2D eigenvalue weighted by Gasteiger charge is -2.16. The summed E-state index contributed by atoms with van der Waals surface area (Å²) in [6, 6.07) is 18.0. The molecule has 3 aromatic carbocycles. The van der Waals surface area contributed by atoms with Crippen LogP contribution in [0.2, 0.25) is 5.02 Å². The van der Waals surface area contributed by atoms with Crippen LogP contribution in [0.4, 0.5) is 5.82 Å². The summed E-state index contributed by atoms with van der Waals surface area (Å²) in [5.74, 6) is 0.762. The quantitative estimate of drug-likeness (QED) is 0.270. The predicted molar refractivity (Wildman–Crippen MR) is 141 cm³/mol. The molecule has 0 bridgehead atoms. The summed E-state index contributed by atoms with van der Waals surface area (Å²) in [4.78, 5) is 4.72. The molecule has 182 valence electrons. The van der Waals surface area contributed by atoms with Gasteiger partial charge < -0.3 is 9.26 Å². The maximum atomic E-state index is 12.8. The van der Waals surface area contributed by atoms with Crippen LogP contribution in [0.5, 0.6) is 5.75 Å². The number of aryl methyl sites for hydroxylation is 2. The van der Waals surface area contributed by atoms with Gasteiger partial charge in [0.2, 0.25) is 0 Å². The highest BCUT2D eigenvalue weighted by Gasteiger charge is 2.19. The molecule has 7 nitrogen and oxygen atoms in total. The van der Waals surface area contributed by atoms with Gasteiger partial charge in [0.05, 0.1) is 17.7 Å². The maximum absolute atomic E-state index is 12.8. The highest BCUT2D eigenvalue weighted by Crippen LogP contribution is 2.39. The van der Waals surface area contributed by atoms with E-state index < -0.39 is 10.0 Å². The minimum Gasteiger partial charge on any atom is -0.496 e. The summed E-state index contributed by atoms with van der Waals surface area (Å²) < 4.78 is 38.5. The molecule has 0 unspecified atom stereocenters. The Hall–Kier alpha value is -3.88. The van der Waals surface area contributed by atoms with E-state index >= 15 is 0 Å². The van der Waals surface area contributed by atoms with E-state index in [-0.39, 0.29) is 10.7 Å². The molecule has 0 aliphatic rings. The largest absolute Gasteiger partial charge is 0.496 e. The van der Waals surface area contributed by atoms with Crippen molar-refractivity contribution in [2.75, 3.05) is 11.8 Å². The molecule has 0 spiro atoms. The summed E-state index contributed by atoms with van der Waals surface area (Å²) in [6.45, 7) is 4.03. The number of halogens is 1. The minimum absolute atomic E-state index is 0.102. The summed E-state index contributed by atoms with van der Waals surface area (Å²) in [7, 11) is -2.23. The first-order valence-corrected chi connectivity index (χ1v) is 12.9. The van der Waals surface area contributed by atoms with Crippen LogP contribution in [0.1, 0.15) is 11.1 Å². The number of nitrogens with zero attached hydrogens (tertiary/aromatic N) is 2. The summed E-state index contributed by atoms with van der Waals surface area (Å²) in [5, 5.41) is 5.80. The molecule has 0 fully saturated rings. The fourth-order valence-corrected chi connectivity index (χ4v) is 5.56. The number of sulfonamides is 1. The van der Waals surface area contributed by atoms with Crippen molar-refractivity contribution in [3.8, 4) is 28.1 Å². The molecule has 9 heteroatoms. The van der Waals surface area contributed by atoms with Crippen molar-refractivity contribution in [3.63, 3.8) is 0 Å². The van der Waals surface area contributed by atoms with E-state index in [1.165, 1.54) is 12.3 Å². The zero-order valence-electron chi connectivity index (χ0n) is 19.7. The zero-order chi connectivity index (χ0) is 25.4. The van der Waals surface area contributed by atoms with Gasteiger partial charge in [-0.1, -0.05) is 28.9 Å². The van der Waals surface area contributed by atoms with Crippen molar-refractivity contribution in [3.05, 3.63) is 89.3 Å². The first-order valence-electron chi connectivity index (χ1n) is 11.0. The number of hydrogen-bond donors (Lipinski definition) is 1. The van der Waals surface area contributed by atoms with Crippen LogP contribution < -0.4 is 9.46 Å². The number of ether oxygens (including phenoxy) is 1. The second-order valence-electron chi connectivity index (χ2n) is 8.42. The second kappa shape index (κ2) is 9.29. The molecule has 36 heavy (non-hydrogen) atoms. The lowest BCUT2D eigenvalue weighted by Crippen LogP contribution is -2.13. The molecule has 0 atom stereocenters. The molecule has 2 aromatic heterocycles. The summed E-state index contributed by atoms with van der Waals surface area (Å²) in [5.41, 5.74) is 5.60. The third-order valence-corrected chi connectivity index (χ3v) is 7.45. The Bertz CT molecular complexity index is 1680. The second-order valence-corrected chi connectivity index (χ2v) is 10.5. The summed E-state index contributed by atoms with van der Waals surface area (Å²) >= 11 is 6.31. The molecular formula is C27H22ClN3O4S. The number of anilines is 1. The van der Waals surface area contributed by atoms with Gasteiger partial charge in [-0.15, -0.1) is 0 Å². The molecule has 0 saturated carbocycles. The van der Waals surface area contributed by atoms with Gasteiger partial charge in [0.15, 0.2) is 5.82 Å². The maximum Gasteiger partial charge on any atom is 0.263 e. The van der Waals surface area contributed by atoms with Crippen molar-refractivity contribution in [1.82, 2.24) is 10.1 Å². The zero-order valence-corrected chi connectivity index (χ0v) is 21.3. The van der Waals surface area contributed by atoms with Crippen LogP contribution in [0.15, 0.2) is 82.5 Å². The highest BCUT2D eigenvalue weighted by atomic mass is 35.5. The van der Waals surface area contributed by atoms with E-state index in [2.05, 4.69) is 20.9 Å². The van der Waals surface area contributed by atoms with Crippen molar-refractivity contribution in [1.29, 1.82) is 0 Å². The number of fused-ring (bicyclic) bond motifs is 1. The molecular weight excluding hydrogens is 498 g/mol. The molecule has 0 amide bonds. The SMILES string of the molecule is COc1cc(-c2cc(C)cc(Cl)c2)c(C)cc1-c1nccc2cc(S(=O)(=O)Nc3ccon3)ccc12. The van der Waals surface area contributed by atoms with Crippen LogP contribution in [0, 0.1) is 13.8 Å². The van der Waals surface area contributed by atoms with Crippen molar-refractivity contribution in [2.24, 2.45) is 0 Å². The van der Waals surface area contributed by atoms with E-state index in [9.17, 15) is 8.42 Å². The number of methoxy groups -OCH3 is 1. The van der Waals surface area contributed by atoms with E-state index in [0.717, 1.165) is 38.6 Å². The fourth-order valence-electron chi connectivity index (χ4n) is 4.24. The Morgan fingerprint density at radius 2 is 1.81 bits per heavy atom. The smallest absolute Gasteiger partial charge is 0.263 e. The molecule has 0 radical (unpaired) electrons. The average molecular weight is 520 g/mol. The van der Waals surface area contributed by atoms with Crippen molar-refractivity contribution < 1.29 is 17.7 Å². The number of nitrogens with one attached hydrogen (secondary N) is 1. The normalized spacial score (nSPS) is 11.6. The molecule has 0 aliphatic heterocycles. The van der Waals surface area contributed by atoms with Gasteiger partial charge in [-0.2, -0.15) is 0 Å². The monoisotopic (exact) mass is 519 g/mol. The Morgan fingerprint density at radius 3 is 2.53 bits per heavy atom. The molecule has 1 N–H and O–H groups in total. The van der Waals surface area contributed by atoms with E-state index in [4.69, 9.17) is 20.9 Å². The Labute approximate surface area is 213 Å². The van der Waals surface area contributed by atoms with Crippen molar-refractivity contribution >= 4 is 38.2 Å². The topological polar surface area (TPSA) is 94.3 Å². The third kappa shape index (κ3) is 4.53. The Kier molecular flexibility index (Phi) is 6.15. The van der Waals surface area contributed by atoms with Crippen LogP contribution in [-0.4, -0.2) is 25.7 Å². The van der Waals surface area contributed by atoms with Crippen LogP contribution >= 0.6 is 11.6 Å². The van der Waals surface area contributed by atoms with Crippen LogP contribution in [-0.2, 0) is 10.0 Å². The lowest BCUT2D eigenvalue weighted by atomic mass is 9.94. The molecule has 0 aliphatic carbocycles. The predicted octanol–water partition coefficient (Wildman–Crippen LogP) is 6.64. The van der Waals surface area contributed by atoms with E-state index in [1.54, 1.807) is 37.6 Å². The third-order valence-electron chi connectivity index (χ3n) is 5.88. The first kappa shape index (κ1) is 23.8. The lowest BCUT2D eigenvalue weighted by molar-refractivity contribution is 0.416. The van der Waals surface area contributed by atoms with Gasteiger partial charge in [-0.05, 0) is 84.0 Å². The average Bonchev–Trinajstić information content (AvgIpc) is 3.35. The number of hydrogen-bond acceptors (Lipinski definition) is 6. The van der Waals surface area contributed by atoms with Crippen molar-refractivity contribution in [2.45, 2.75) is 18.7 Å². The van der Waals surface area contributed by atoms with E-state index in [0.29, 0.717) is 16.5 Å². The Balaban J connectivity index is 1.60. The van der Waals surface area contributed by atoms with Gasteiger partial charge in [0, 0.05) is 28.2 Å². The van der Waals surface area contributed by atoms with Gasteiger partial charge in [-0.25, -0.2) is 8.42 Å². The molecule has 5 rings (SSSR count). The molecule has 0 saturated heterocycles. The van der Waals surface area contributed by atoms with Gasteiger partial charge in [0.1, 0.15) is 12.0 Å². The number of rotatable bonds is 6. The van der Waals surface area contributed by atoms with Gasteiger partial charge in [0.25, 0.3) is 10.0 Å². The number of pyridine rings is 1.